The van der Waals surface area contributed by atoms with Crippen molar-refractivity contribution in [3.05, 3.63) is 255 Å². The summed E-state index contributed by atoms with van der Waals surface area (Å²) in [6, 6.07) is 93.3. The summed E-state index contributed by atoms with van der Waals surface area (Å²) in [6.45, 7) is 0. The Morgan fingerprint density at radius 3 is 0.914 bits per heavy atom. The van der Waals surface area contributed by atoms with E-state index in [4.69, 9.17) is 0 Å². The van der Waals surface area contributed by atoms with Crippen LogP contribution in [-0.4, -0.2) is 0 Å². The van der Waals surface area contributed by atoms with Crippen molar-refractivity contribution in [2.24, 2.45) is 0 Å². The molecule has 0 fully saturated rings. The molecular weight excluding hydrogens is 885 g/mol. The van der Waals surface area contributed by atoms with Crippen molar-refractivity contribution in [2.75, 3.05) is 9.80 Å². The zero-order chi connectivity index (χ0) is 46.1. The highest BCUT2D eigenvalue weighted by molar-refractivity contribution is 8.00. The molecule has 70 heavy (non-hydrogen) atoms. The number of hydrogen-bond acceptors (Lipinski definition) is 4. The Morgan fingerprint density at radius 1 is 0.229 bits per heavy atom. The first kappa shape index (κ1) is 40.8. The second-order valence-electron chi connectivity index (χ2n) is 18.0. The molecule has 2 nitrogen and oxygen atoms in total. The van der Waals surface area contributed by atoms with Gasteiger partial charge in [-0.1, -0.05) is 193 Å². The lowest BCUT2D eigenvalue weighted by atomic mass is 9.89. The van der Waals surface area contributed by atoms with Gasteiger partial charge in [0.2, 0.25) is 0 Å². The highest BCUT2D eigenvalue weighted by Crippen LogP contribution is 2.57. The minimum atomic E-state index is 1.13. The predicted octanol–water partition coefficient (Wildman–Crippen LogP) is 19.7. The molecule has 0 saturated carbocycles. The Balaban J connectivity index is 0.826. The molecule has 4 heteroatoms. The van der Waals surface area contributed by atoms with Gasteiger partial charge >= 0.3 is 0 Å². The molecule has 0 amide bonds. The Morgan fingerprint density at radius 2 is 0.543 bits per heavy atom. The van der Waals surface area contributed by atoms with E-state index in [1.54, 1.807) is 0 Å². The molecular formula is C66H42N2S2. The third-order valence-corrected chi connectivity index (χ3v) is 16.3. The van der Waals surface area contributed by atoms with Crippen molar-refractivity contribution < 1.29 is 0 Å². The van der Waals surface area contributed by atoms with Gasteiger partial charge in [0.1, 0.15) is 0 Å². The highest BCUT2D eigenvalue weighted by atomic mass is 32.2. The summed E-state index contributed by atoms with van der Waals surface area (Å²) in [5.74, 6) is 0. The quantitative estimate of drug-likeness (QED) is 0.150. The van der Waals surface area contributed by atoms with E-state index in [-0.39, 0.29) is 0 Å². The first-order valence-electron chi connectivity index (χ1n) is 23.8. The molecule has 2 aliphatic rings. The average molecular weight is 927 g/mol. The summed E-state index contributed by atoms with van der Waals surface area (Å²) in [6.07, 6.45) is 0. The van der Waals surface area contributed by atoms with Gasteiger partial charge in [-0.25, -0.2) is 0 Å². The van der Waals surface area contributed by atoms with E-state index in [1.165, 1.54) is 96.4 Å². The average Bonchev–Trinajstić information content (AvgIpc) is 3.43. The maximum atomic E-state index is 2.42. The minimum Gasteiger partial charge on any atom is -0.310 e. The molecule has 0 aromatic heterocycles. The van der Waals surface area contributed by atoms with Crippen LogP contribution in [0.25, 0.3) is 76.8 Å². The van der Waals surface area contributed by atoms with Crippen molar-refractivity contribution in [2.45, 2.75) is 19.6 Å². The fourth-order valence-corrected chi connectivity index (χ4v) is 13.2. The van der Waals surface area contributed by atoms with E-state index < -0.39 is 0 Å². The van der Waals surface area contributed by atoms with Crippen molar-refractivity contribution >= 4 is 90.0 Å². The predicted molar refractivity (Wildman–Crippen MR) is 298 cm³/mol. The Bertz CT molecular complexity index is 3660. The summed E-state index contributed by atoms with van der Waals surface area (Å²) < 4.78 is 0. The maximum absolute atomic E-state index is 2.42. The van der Waals surface area contributed by atoms with E-state index in [0.717, 1.165) is 34.1 Å². The molecule has 0 saturated heterocycles. The van der Waals surface area contributed by atoms with E-state index in [0.29, 0.717) is 0 Å². The van der Waals surface area contributed by atoms with Gasteiger partial charge in [0.05, 0.1) is 11.4 Å². The molecule has 12 aromatic rings. The van der Waals surface area contributed by atoms with Crippen LogP contribution >= 0.6 is 23.5 Å². The summed E-state index contributed by atoms with van der Waals surface area (Å²) in [4.78, 5) is 9.94. The molecule has 0 atom stereocenters. The SMILES string of the molecule is c1ccc(N(c2ccccc2)c2ccc(-c3ccc4c(c3)Sc3ccc5c6c(ccc-4c36)-c3ccc(-c4ccc(N(c6ccccc6)c6ccccc6)c6ccccc46)cc3S5)c3ccccc23)cc1. The Kier molecular flexibility index (Phi) is 9.75. The van der Waals surface area contributed by atoms with Gasteiger partial charge in [0.15, 0.2) is 0 Å². The molecule has 0 spiro atoms. The lowest BCUT2D eigenvalue weighted by Gasteiger charge is -2.28. The van der Waals surface area contributed by atoms with Crippen LogP contribution in [0.2, 0.25) is 0 Å². The lowest BCUT2D eigenvalue weighted by molar-refractivity contribution is 1.30. The van der Waals surface area contributed by atoms with Crippen molar-refractivity contribution in [3.8, 4) is 44.5 Å². The molecule has 0 unspecified atom stereocenters. The van der Waals surface area contributed by atoms with Crippen LogP contribution in [0, 0.1) is 0 Å². The topological polar surface area (TPSA) is 6.48 Å². The van der Waals surface area contributed by atoms with Crippen LogP contribution in [0.1, 0.15) is 0 Å². The standard InChI is InChI=1S/C66H42N2S2/c1-5-17-45(18-6-1)67(46-19-7-2-8-20-46)59-37-35-49(51-25-13-15-27-53(51)59)43-29-31-55-57-33-34-58-56-32-30-44(42-64(56)70-62-40-39-61(65(57)66(58)62)69-63(55)41-43)50-36-38-60(54-28-16-14-26-52(50)54)68(47-21-9-3-10-22-47)48-23-11-4-12-24-48/h1-42H. The van der Waals surface area contributed by atoms with E-state index in [1.807, 2.05) is 23.5 Å². The van der Waals surface area contributed by atoms with Crippen molar-refractivity contribution in [1.29, 1.82) is 0 Å². The van der Waals surface area contributed by atoms with Gasteiger partial charge in [0, 0.05) is 63.9 Å². The van der Waals surface area contributed by atoms with Crippen LogP contribution in [0.3, 0.4) is 0 Å². The zero-order valence-corrected chi connectivity index (χ0v) is 39.6. The molecule has 2 heterocycles. The van der Waals surface area contributed by atoms with Crippen LogP contribution in [0.4, 0.5) is 34.1 Å². The van der Waals surface area contributed by atoms with Gasteiger partial charge in [-0.2, -0.15) is 0 Å². The normalized spacial score (nSPS) is 12.2. The summed E-state index contributed by atoms with van der Waals surface area (Å²) >= 11 is 3.81. The zero-order valence-electron chi connectivity index (χ0n) is 38.0. The summed E-state index contributed by atoms with van der Waals surface area (Å²) in [5, 5.41) is 7.63. The number of para-hydroxylation sites is 4. The number of anilines is 6. The fraction of sp³-hybridized carbons (Fsp3) is 0. The molecule has 0 bridgehead atoms. The minimum absolute atomic E-state index is 1.13. The van der Waals surface area contributed by atoms with E-state index in [2.05, 4.69) is 265 Å². The molecule has 14 rings (SSSR count). The second kappa shape index (κ2) is 16.7. The van der Waals surface area contributed by atoms with Gasteiger partial charge in [-0.15, -0.1) is 0 Å². The molecule has 2 aliphatic heterocycles. The largest absolute Gasteiger partial charge is 0.310 e. The van der Waals surface area contributed by atoms with Crippen LogP contribution in [0.5, 0.6) is 0 Å². The first-order chi connectivity index (χ1) is 34.7. The van der Waals surface area contributed by atoms with E-state index in [9.17, 15) is 0 Å². The number of rotatable bonds is 8. The smallest absolute Gasteiger partial charge is 0.0540 e. The number of hydrogen-bond donors (Lipinski definition) is 0. The first-order valence-corrected chi connectivity index (χ1v) is 25.5. The Hall–Kier alpha value is -8.28. The molecule has 12 aromatic carbocycles. The fourth-order valence-electron chi connectivity index (χ4n) is 10.9. The van der Waals surface area contributed by atoms with Gasteiger partial charge in [-0.05, 0) is 140 Å². The van der Waals surface area contributed by atoms with Gasteiger partial charge < -0.3 is 9.80 Å². The van der Waals surface area contributed by atoms with Crippen molar-refractivity contribution in [1.82, 2.24) is 0 Å². The third-order valence-electron chi connectivity index (χ3n) is 14.0. The third kappa shape index (κ3) is 6.67. The number of nitrogens with zero attached hydrogens (tertiary/aromatic N) is 2. The number of fused-ring (bicyclic) bond motifs is 6. The monoisotopic (exact) mass is 926 g/mol. The molecule has 0 radical (unpaired) electrons. The van der Waals surface area contributed by atoms with Crippen LogP contribution < -0.4 is 9.80 Å². The van der Waals surface area contributed by atoms with Crippen molar-refractivity contribution in [3.63, 3.8) is 0 Å². The van der Waals surface area contributed by atoms with E-state index >= 15 is 0 Å². The molecule has 0 aliphatic carbocycles. The second-order valence-corrected chi connectivity index (χ2v) is 20.1. The van der Waals surface area contributed by atoms with Crippen LogP contribution in [-0.2, 0) is 0 Å². The molecule has 328 valence electrons. The summed E-state index contributed by atoms with van der Waals surface area (Å²) in [5.41, 5.74) is 17.0. The van der Waals surface area contributed by atoms with Gasteiger partial charge in [0.25, 0.3) is 0 Å². The number of benzene rings is 12. The maximum Gasteiger partial charge on any atom is 0.0540 e. The summed E-state index contributed by atoms with van der Waals surface area (Å²) in [7, 11) is 0. The highest BCUT2D eigenvalue weighted by Gasteiger charge is 2.28. The molecule has 0 N–H and O–H groups in total. The lowest BCUT2D eigenvalue weighted by Crippen LogP contribution is -2.10. The Labute approximate surface area is 416 Å². The van der Waals surface area contributed by atoms with Crippen LogP contribution in [0.15, 0.2) is 274 Å². The van der Waals surface area contributed by atoms with Gasteiger partial charge in [-0.3, -0.25) is 0 Å².